The average molecular weight is 533 g/mol. The van der Waals surface area contributed by atoms with Gasteiger partial charge in [0.05, 0.1) is 41.1 Å². The summed E-state index contributed by atoms with van der Waals surface area (Å²) in [5.74, 6) is -0.328. The zero-order valence-electron chi connectivity index (χ0n) is 21.9. The Bertz CT molecular complexity index is 1200. The maximum atomic E-state index is 13.6. The van der Waals surface area contributed by atoms with E-state index in [4.69, 9.17) is 0 Å². The third-order valence-corrected chi connectivity index (χ3v) is 8.28. The molecule has 38 heavy (non-hydrogen) atoms. The quantitative estimate of drug-likeness (QED) is 0.590. The molecule has 1 atom stereocenters. The summed E-state index contributed by atoms with van der Waals surface area (Å²) in [6, 6.07) is 5.72. The number of carbonyl (C=O) groups is 2. The molecule has 2 amide bonds. The Balaban J connectivity index is 1.30. The topological polar surface area (TPSA) is 78.7 Å². The van der Waals surface area contributed by atoms with Crippen molar-refractivity contribution < 1.29 is 27.9 Å². The van der Waals surface area contributed by atoms with Crippen molar-refractivity contribution in [3.8, 4) is 0 Å². The van der Waals surface area contributed by atoms with Gasteiger partial charge in [0, 0.05) is 38.0 Å². The second-order valence-corrected chi connectivity index (χ2v) is 11.5. The monoisotopic (exact) mass is 532 g/mol. The maximum absolute atomic E-state index is 13.6. The van der Waals surface area contributed by atoms with Crippen LogP contribution in [0, 0.1) is 5.41 Å². The molecule has 3 fully saturated rings. The number of hydrogen-bond acceptors (Lipinski definition) is 4. The highest BCUT2D eigenvalue weighted by Gasteiger charge is 2.41. The number of aromatic nitrogens is 2. The van der Waals surface area contributed by atoms with Gasteiger partial charge in [-0.05, 0) is 57.6 Å². The fraction of sp³-hybridized carbons (Fsp3) is 0.607. The summed E-state index contributed by atoms with van der Waals surface area (Å²) in [5, 5.41) is 14.2. The van der Waals surface area contributed by atoms with E-state index >= 15 is 0 Å². The lowest BCUT2D eigenvalue weighted by Gasteiger charge is -2.36. The van der Waals surface area contributed by atoms with Gasteiger partial charge in [0.1, 0.15) is 0 Å². The number of likely N-dealkylation sites (tertiary alicyclic amines) is 2. The van der Waals surface area contributed by atoms with Crippen LogP contribution in [0.3, 0.4) is 0 Å². The minimum atomic E-state index is -4.43. The van der Waals surface area contributed by atoms with Gasteiger partial charge >= 0.3 is 6.18 Å². The Kier molecular flexibility index (Phi) is 7.04. The van der Waals surface area contributed by atoms with Crippen LogP contribution in [0.15, 0.2) is 30.5 Å². The number of hydrogen-bond donors (Lipinski definition) is 1. The zero-order valence-corrected chi connectivity index (χ0v) is 21.9. The first-order valence-electron chi connectivity index (χ1n) is 13.4. The second kappa shape index (κ2) is 10.0. The van der Waals surface area contributed by atoms with Crippen LogP contribution in [0.2, 0.25) is 0 Å². The Morgan fingerprint density at radius 2 is 1.63 bits per heavy atom. The summed E-state index contributed by atoms with van der Waals surface area (Å²) in [7, 11) is 0. The number of amides is 2. The largest absolute Gasteiger partial charge is 0.416 e. The van der Waals surface area contributed by atoms with Crippen LogP contribution in [0.25, 0.3) is 0 Å². The molecular formula is C28H35F3N4O3. The van der Waals surface area contributed by atoms with Crippen molar-refractivity contribution in [3.05, 3.63) is 52.8 Å². The minimum absolute atomic E-state index is 0.0621. The molecule has 1 aromatic heterocycles. The smallest absolute Gasteiger partial charge is 0.395 e. The van der Waals surface area contributed by atoms with Crippen molar-refractivity contribution in [2.75, 3.05) is 32.8 Å². The predicted molar refractivity (Wildman–Crippen MR) is 135 cm³/mol. The van der Waals surface area contributed by atoms with Crippen LogP contribution < -0.4 is 0 Å². The SMILES string of the molecule is CC(C)(CO)C(=O)N1CCC(n2ncc(C(=O)N3CC[C@@H](c4ccccc4C(F)(F)F)C3)c2C2CC2)CC1. The number of piperidine rings is 1. The van der Waals surface area contributed by atoms with E-state index in [1.54, 1.807) is 35.9 Å². The first-order valence-corrected chi connectivity index (χ1v) is 13.4. The number of rotatable bonds is 6. The first kappa shape index (κ1) is 26.7. The lowest BCUT2D eigenvalue weighted by atomic mass is 9.91. The van der Waals surface area contributed by atoms with Gasteiger partial charge in [0.2, 0.25) is 5.91 Å². The van der Waals surface area contributed by atoms with Crippen LogP contribution in [0.4, 0.5) is 13.2 Å². The summed E-state index contributed by atoms with van der Waals surface area (Å²) in [4.78, 5) is 29.8. The number of alkyl halides is 3. The number of aliphatic hydroxyl groups excluding tert-OH is 1. The number of aliphatic hydroxyl groups is 1. The normalized spacial score (nSPS) is 21.3. The highest BCUT2D eigenvalue weighted by atomic mass is 19.4. The molecule has 7 nitrogen and oxygen atoms in total. The van der Waals surface area contributed by atoms with Gasteiger partial charge in [0.15, 0.2) is 0 Å². The number of benzene rings is 1. The second-order valence-electron chi connectivity index (χ2n) is 11.5. The molecular weight excluding hydrogens is 497 g/mol. The molecule has 2 saturated heterocycles. The van der Waals surface area contributed by atoms with E-state index < -0.39 is 17.2 Å². The highest BCUT2D eigenvalue weighted by molar-refractivity contribution is 5.95. The summed E-state index contributed by atoms with van der Waals surface area (Å²) in [6.45, 7) is 5.06. The Morgan fingerprint density at radius 3 is 2.26 bits per heavy atom. The first-order chi connectivity index (χ1) is 18.0. The molecule has 10 heteroatoms. The molecule has 0 bridgehead atoms. The summed E-state index contributed by atoms with van der Waals surface area (Å²) in [6.07, 6.45) is 1.07. The summed E-state index contributed by atoms with van der Waals surface area (Å²) < 4.78 is 42.7. The van der Waals surface area contributed by atoms with E-state index in [2.05, 4.69) is 5.10 Å². The van der Waals surface area contributed by atoms with Gasteiger partial charge in [-0.25, -0.2) is 0 Å². The number of carbonyl (C=O) groups excluding carboxylic acids is 2. The van der Waals surface area contributed by atoms with Gasteiger partial charge in [-0.1, -0.05) is 18.2 Å². The number of halogens is 3. The molecule has 2 aromatic rings. The van der Waals surface area contributed by atoms with Crippen molar-refractivity contribution in [2.45, 2.75) is 70.0 Å². The minimum Gasteiger partial charge on any atom is -0.395 e. The molecule has 0 unspecified atom stereocenters. The standard InChI is InChI=1S/C28H35F3N4O3/c1-27(2,17-36)26(38)33-13-10-20(11-14-33)35-24(18-7-8-18)22(15-32-35)25(37)34-12-9-19(16-34)21-5-3-4-6-23(21)28(29,30)31/h3-6,15,18-20,36H,7-14,16-17H2,1-2H3/t19-/m1/s1. The van der Waals surface area contributed by atoms with E-state index in [1.165, 1.54) is 12.1 Å². The molecule has 0 spiro atoms. The van der Waals surface area contributed by atoms with Crippen molar-refractivity contribution >= 4 is 11.8 Å². The van der Waals surface area contributed by atoms with Gasteiger partial charge < -0.3 is 14.9 Å². The fourth-order valence-corrected chi connectivity index (χ4v) is 5.88. The van der Waals surface area contributed by atoms with Gasteiger partial charge in [-0.3, -0.25) is 14.3 Å². The molecule has 5 rings (SSSR count). The van der Waals surface area contributed by atoms with Crippen molar-refractivity contribution in [3.63, 3.8) is 0 Å². The lowest BCUT2D eigenvalue weighted by molar-refractivity contribution is -0.143. The molecule has 206 valence electrons. The average Bonchev–Trinajstić information content (AvgIpc) is 3.45. The van der Waals surface area contributed by atoms with Crippen LogP contribution in [0.1, 0.15) is 91.0 Å². The summed E-state index contributed by atoms with van der Waals surface area (Å²) in [5.41, 5.74) is 0.287. The van der Waals surface area contributed by atoms with E-state index in [-0.39, 0.29) is 48.4 Å². The molecule has 1 saturated carbocycles. The van der Waals surface area contributed by atoms with Crippen LogP contribution in [-0.2, 0) is 11.0 Å². The van der Waals surface area contributed by atoms with Crippen LogP contribution >= 0.6 is 0 Å². The fourth-order valence-electron chi connectivity index (χ4n) is 5.88. The Hall–Kier alpha value is -2.88. The summed E-state index contributed by atoms with van der Waals surface area (Å²) >= 11 is 0. The lowest BCUT2D eigenvalue weighted by Crippen LogP contribution is -2.46. The maximum Gasteiger partial charge on any atom is 0.416 e. The third kappa shape index (κ3) is 5.07. The van der Waals surface area contributed by atoms with Crippen molar-refractivity contribution in [1.29, 1.82) is 0 Å². The van der Waals surface area contributed by atoms with Gasteiger partial charge in [-0.2, -0.15) is 18.3 Å². The highest BCUT2D eigenvalue weighted by Crippen LogP contribution is 2.44. The van der Waals surface area contributed by atoms with E-state index in [0.29, 0.717) is 44.5 Å². The molecule has 1 N–H and O–H groups in total. The molecule has 2 aliphatic heterocycles. The van der Waals surface area contributed by atoms with Gasteiger partial charge in [0.25, 0.3) is 5.91 Å². The van der Waals surface area contributed by atoms with Crippen LogP contribution in [-0.4, -0.2) is 69.3 Å². The van der Waals surface area contributed by atoms with Crippen LogP contribution in [0.5, 0.6) is 0 Å². The molecule has 1 aliphatic carbocycles. The third-order valence-electron chi connectivity index (χ3n) is 8.28. The predicted octanol–water partition coefficient (Wildman–Crippen LogP) is 4.59. The zero-order chi connectivity index (χ0) is 27.2. The van der Waals surface area contributed by atoms with Crippen molar-refractivity contribution in [2.24, 2.45) is 5.41 Å². The molecule has 0 radical (unpaired) electrons. The Labute approximate surface area is 220 Å². The van der Waals surface area contributed by atoms with Gasteiger partial charge in [-0.15, -0.1) is 0 Å². The van der Waals surface area contributed by atoms with E-state index in [9.17, 15) is 27.9 Å². The van der Waals surface area contributed by atoms with Crippen molar-refractivity contribution in [1.82, 2.24) is 19.6 Å². The number of nitrogens with zero attached hydrogens (tertiary/aromatic N) is 4. The Morgan fingerprint density at radius 1 is 0.974 bits per heavy atom. The molecule has 1 aromatic carbocycles. The molecule has 3 aliphatic rings. The van der Waals surface area contributed by atoms with E-state index in [1.807, 2.05) is 4.68 Å². The molecule has 3 heterocycles. The van der Waals surface area contributed by atoms with E-state index in [0.717, 1.165) is 24.6 Å².